The molecule has 11 heteroatoms. The summed E-state index contributed by atoms with van der Waals surface area (Å²) >= 11 is 12.1. The number of para-hydroxylation sites is 1. The molecule has 0 spiro atoms. The maximum atomic E-state index is 13.8. The van der Waals surface area contributed by atoms with E-state index in [1.165, 1.54) is 31.4 Å². The van der Waals surface area contributed by atoms with Crippen molar-refractivity contribution in [3.05, 3.63) is 93.4 Å². The molecule has 1 fully saturated rings. The van der Waals surface area contributed by atoms with Gasteiger partial charge in [0, 0.05) is 15.6 Å². The normalized spacial score (nSPS) is 14.1. The summed E-state index contributed by atoms with van der Waals surface area (Å²) in [5.41, 5.74) is 1.18. The lowest BCUT2D eigenvalue weighted by atomic mass is 10.1. The number of urea groups is 1. The standard InChI is InChI=1S/C26H20Cl2FN3O5/c1-36-23-11-15(6-9-22(23)37-14-16-7-8-17(27)12-18(16)28)10-21-25(34)32(26(35)31-21)13-24(33)30-20-5-3-2-4-19(20)29/h2-12H,13-14H2,1H3,(H,30,33)(H,31,35)/b21-10+. The number of rotatable bonds is 8. The minimum absolute atomic E-state index is 0.0349. The molecule has 3 aromatic rings. The number of halogens is 3. The first-order valence-corrected chi connectivity index (χ1v) is 11.6. The summed E-state index contributed by atoms with van der Waals surface area (Å²) in [6.45, 7) is -0.412. The molecule has 1 aliphatic rings. The second kappa shape index (κ2) is 11.3. The van der Waals surface area contributed by atoms with E-state index in [9.17, 15) is 18.8 Å². The number of methoxy groups -OCH3 is 1. The van der Waals surface area contributed by atoms with E-state index in [4.69, 9.17) is 32.7 Å². The fraction of sp³-hybridized carbons (Fsp3) is 0.115. The van der Waals surface area contributed by atoms with Crippen LogP contribution < -0.4 is 20.1 Å². The highest BCUT2D eigenvalue weighted by Crippen LogP contribution is 2.31. The Morgan fingerprint density at radius 1 is 1.08 bits per heavy atom. The predicted molar refractivity (Wildman–Crippen MR) is 137 cm³/mol. The third-order valence-electron chi connectivity index (χ3n) is 5.31. The SMILES string of the molecule is COc1cc(/C=C2/NC(=O)N(CC(=O)Nc3ccccc3F)C2=O)ccc1OCc1ccc(Cl)cc1Cl. The van der Waals surface area contributed by atoms with Gasteiger partial charge in [0.15, 0.2) is 11.5 Å². The molecule has 37 heavy (non-hydrogen) atoms. The summed E-state index contributed by atoms with van der Waals surface area (Å²) in [6, 6.07) is 14.8. The summed E-state index contributed by atoms with van der Waals surface area (Å²) in [4.78, 5) is 38.1. The molecule has 3 aromatic carbocycles. The second-order valence-corrected chi connectivity index (χ2v) is 8.69. The van der Waals surface area contributed by atoms with Gasteiger partial charge in [-0.3, -0.25) is 9.59 Å². The fourth-order valence-corrected chi connectivity index (χ4v) is 3.93. The van der Waals surface area contributed by atoms with Gasteiger partial charge < -0.3 is 20.1 Å². The molecule has 0 atom stereocenters. The molecule has 0 aromatic heterocycles. The first kappa shape index (κ1) is 26.0. The van der Waals surface area contributed by atoms with Gasteiger partial charge in [0.1, 0.15) is 24.7 Å². The topological polar surface area (TPSA) is 97.0 Å². The zero-order chi connectivity index (χ0) is 26.5. The van der Waals surface area contributed by atoms with Gasteiger partial charge in [0.25, 0.3) is 5.91 Å². The van der Waals surface area contributed by atoms with E-state index in [2.05, 4.69) is 10.6 Å². The van der Waals surface area contributed by atoms with Crippen LogP contribution in [0.1, 0.15) is 11.1 Å². The molecular weight excluding hydrogens is 524 g/mol. The first-order valence-electron chi connectivity index (χ1n) is 10.9. The largest absolute Gasteiger partial charge is 0.493 e. The molecule has 1 aliphatic heterocycles. The Labute approximate surface area is 221 Å². The summed E-state index contributed by atoms with van der Waals surface area (Å²) in [6.07, 6.45) is 1.44. The second-order valence-electron chi connectivity index (χ2n) is 7.84. The molecule has 4 amide bonds. The number of anilines is 1. The average Bonchev–Trinajstić information content (AvgIpc) is 3.12. The molecule has 2 N–H and O–H groups in total. The number of carbonyl (C=O) groups excluding carboxylic acids is 3. The number of hydrogen-bond acceptors (Lipinski definition) is 5. The van der Waals surface area contributed by atoms with Crippen LogP contribution in [0.15, 0.2) is 66.4 Å². The van der Waals surface area contributed by atoms with Crippen molar-refractivity contribution >= 4 is 52.8 Å². The Bertz CT molecular complexity index is 1410. The number of nitrogens with zero attached hydrogens (tertiary/aromatic N) is 1. The van der Waals surface area contributed by atoms with Crippen molar-refractivity contribution in [2.45, 2.75) is 6.61 Å². The molecule has 1 saturated heterocycles. The van der Waals surface area contributed by atoms with Crippen molar-refractivity contribution in [1.82, 2.24) is 10.2 Å². The smallest absolute Gasteiger partial charge is 0.329 e. The van der Waals surface area contributed by atoms with Gasteiger partial charge in [-0.15, -0.1) is 0 Å². The third-order valence-corrected chi connectivity index (χ3v) is 5.90. The van der Waals surface area contributed by atoms with Crippen LogP contribution >= 0.6 is 23.2 Å². The number of carbonyl (C=O) groups is 3. The number of hydrogen-bond donors (Lipinski definition) is 2. The van der Waals surface area contributed by atoms with Crippen molar-refractivity contribution in [2.24, 2.45) is 0 Å². The lowest BCUT2D eigenvalue weighted by Crippen LogP contribution is -2.38. The molecule has 190 valence electrons. The van der Waals surface area contributed by atoms with Crippen molar-refractivity contribution < 1.29 is 28.2 Å². The quantitative estimate of drug-likeness (QED) is 0.298. The van der Waals surface area contributed by atoms with Crippen LogP contribution in [-0.4, -0.2) is 36.4 Å². The van der Waals surface area contributed by atoms with Gasteiger partial charge in [0.05, 0.1) is 12.8 Å². The average molecular weight is 544 g/mol. The zero-order valence-electron chi connectivity index (χ0n) is 19.4. The van der Waals surface area contributed by atoms with Crippen molar-refractivity contribution in [2.75, 3.05) is 19.0 Å². The van der Waals surface area contributed by atoms with E-state index >= 15 is 0 Å². The van der Waals surface area contributed by atoms with Gasteiger partial charge in [-0.05, 0) is 48.0 Å². The lowest BCUT2D eigenvalue weighted by Gasteiger charge is -2.13. The van der Waals surface area contributed by atoms with Gasteiger partial charge in [-0.1, -0.05) is 47.5 Å². The molecule has 1 heterocycles. The Morgan fingerprint density at radius 2 is 1.86 bits per heavy atom. The van der Waals surface area contributed by atoms with E-state index < -0.39 is 30.2 Å². The van der Waals surface area contributed by atoms with Gasteiger partial charge in [-0.2, -0.15) is 0 Å². The Hall–Kier alpha value is -4.08. The Balaban J connectivity index is 1.44. The lowest BCUT2D eigenvalue weighted by molar-refractivity contribution is -0.127. The molecule has 8 nitrogen and oxygen atoms in total. The van der Waals surface area contributed by atoms with Crippen LogP contribution in [0, 0.1) is 5.82 Å². The van der Waals surface area contributed by atoms with Crippen LogP contribution in [-0.2, 0) is 16.2 Å². The summed E-state index contributed by atoms with van der Waals surface area (Å²) < 4.78 is 25.0. The highest BCUT2D eigenvalue weighted by Gasteiger charge is 2.35. The maximum absolute atomic E-state index is 13.8. The number of ether oxygens (including phenoxy) is 2. The van der Waals surface area contributed by atoms with Crippen molar-refractivity contribution in [1.29, 1.82) is 0 Å². The van der Waals surface area contributed by atoms with E-state index in [0.29, 0.717) is 27.1 Å². The molecule has 0 saturated carbocycles. The molecule has 4 rings (SSSR count). The van der Waals surface area contributed by atoms with Crippen molar-refractivity contribution in [3.8, 4) is 11.5 Å². The number of nitrogens with one attached hydrogen (secondary N) is 2. The number of amides is 4. The molecule has 0 unspecified atom stereocenters. The highest BCUT2D eigenvalue weighted by atomic mass is 35.5. The van der Waals surface area contributed by atoms with Gasteiger partial charge in [-0.25, -0.2) is 14.1 Å². The van der Waals surface area contributed by atoms with E-state index in [-0.39, 0.29) is 18.0 Å². The highest BCUT2D eigenvalue weighted by molar-refractivity contribution is 6.35. The predicted octanol–water partition coefficient (Wildman–Crippen LogP) is 5.25. The minimum atomic E-state index is -0.772. The van der Waals surface area contributed by atoms with E-state index in [1.807, 2.05) is 0 Å². The first-order chi connectivity index (χ1) is 17.7. The van der Waals surface area contributed by atoms with Gasteiger partial charge in [0.2, 0.25) is 5.91 Å². The van der Waals surface area contributed by atoms with Crippen LogP contribution in [0.3, 0.4) is 0 Å². The maximum Gasteiger partial charge on any atom is 0.329 e. The zero-order valence-corrected chi connectivity index (χ0v) is 20.9. The van der Waals surface area contributed by atoms with Crippen LogP contribution in [0.5, 0.6) is 11.5 Å². The molecule has 0 bridgehead atoms. The van der Waals surface area contributed by atoms with E-state index in [1.54, 1.807) is 42.5 Å². The fourth-order valence-electron chi connectivity index (χ4n) is 3.47. The van der Waals surface area contributed by atoms with Gasteiger partial charge >= 0.3 is 6.03 Å². The summed E-state index contributed by atoms with van der Waals surface area (Å²) in [5, 5.41) is 5.76. The Kier molecular flexibility index (Phi) is 7.95. The van der Waals surface area contributed by atoms with Crippen LogP contribution in [0.25, 0.3) is 6.08 Å². The monoisotopic (exact) mass is 543 g/mol. The minimum Gasteiger partial charge on any atom is -0.493 e. The number of imide groups is 1. The van der Waals surface area contributed by atoms with Crippen LogP contribution in [0.4, 0.5) is 14.9 Å². The summed E-state index contributed by atoms with van der Waals surface area (Å²) in [5.74, 6) is -1.24. The molecule has 0 aliphatic carbocycles. The number of benzene rings is 3. The van der Waals surface area contributed by atoms with Crippen molar-refractivity contribution in [3.63, 3.8) is 0 Å². The van der Waals surface area contributed by atoms with Crippen LogP contribution in [0.2, 0.25) is 10.0 Å². The Morgan fingerprint density at radius 3 is 2.59 bits per heavy atom. The molecule has 0 radical (unpaired) electrons. The summed E-state index contributed by atoms with van der Waals surface area (Å²) in [7, 11) is 1.47. The third kappa shape index (κ3) is 6.19. The molecular formula is C26H20Cl2FN3O5. The van der Waals surface area contributed by atoms with E-state index in [0.717, 1.165) is 10.5 Å².